The van der Waals surface area contributed by atoms with Gasteiger partial charge in [0, 0.05) is 0 Å². The van der Waals surface area contributed by atoms with Crippen molar-refractivity contribution in [3.63, 3.8) is 0 Å². The number of unbranched alkanes of at least 4 members (excludes halogenated alkanes) is 1. The molecule has 0 aliphatic heterocycles. The van der Waals surface area contributed by atoms with Crippen LogP contribution in [-0.4, -0.2) is 17.6 Å². The summed E-state index contributed by atoms with van der Waals surface area (Å²) >= 11 is 0. The van der Waals surface area contributed by atoms with Gasteiger partial charge in [-0.1, -0.05) is 13.3 Å². The molecule has 0 aliphatic rings. The fraction of sp³-hybridized carbons (Fsp3) is 0.455. The number of hydrogen-bond acceptors (Lipinski definition) is 3. The van der Waals surface area contributed by atoms with E-state index in [9.17, 15) is 9.18 Å². The molecule has 82 valence electrons. The third-order valence-electron chi connectivity index (χ3n) is 1.88. The lowest BCUT2D eigenvalue weighted by molar-refractivity contribution is -0.143. The molecule has 0 amide bonds. The number of ether oxygens (including phenoxy) is 1. The van der Waals surface area contributed by atoms with E-state index in [1.807, 2.05) is 6.92 Å². The fourth-order valence-corrected chi connectivity index (χ4v) is 1.04. The molecular weight excluding hydrogens is 197 g/mol. The molecule has 15 heavy (non-hydrogen) atoms. The van der Waals surface area contributed by atoms with Gasteiger partial charge in [-0.2, -0.15) is 0 Å². The molecule has 0 aromatic carbocycles. The molecule has 0 radical (unpaired) electrons. The molecule has 0 fully saturated rings. The van der Waals surface area contributed by atoms with Crippen molar-refractivity contribution in [2.45, 2.75) is 26.2 Å². The summed E-state index contributed by atoms with van der Waals surface area (Å²) in [7, 11) is 0. The van der Waals surface area contributed by atoms with E-state index >= 15 is 0 Å². The second kappa shape index (κ2) is 6.11. The van der Waals surface area contributed by atoms with Crippen molar-refractivity contribution in [3.05, 3.63) is 29.8 Å². The van der Waals surface area contributed by atoms with Crippen LogP contribution in [0.1, 0.15) is 25.5 Å². The Labute approximate surface area is 88.3 Å². The molecule has 0 saturated carbocycles. The van der Waals surface area contributed by atoms with E-state index in [0.717, 1.165) is 19.0 Å². The Hall–Kier alpha value is -1.45. The van der Waals surface area contributed by atoms with Crippen LogP contribution >= 0.6 is 0 Å². The highest BCUT2D eigenvalue weighted by atomic mass is 19.1. The van der Waals surface area contributed by atoms with Gasteiger partial charge < -0.3 is 4.74 Å². The number of esters is 1. The SMILES string of the molecule is CCCCOC(=O)Cc1ccc(F)cn1. The maximum absolute atomic E-state index is 12.5. The van der Waals surface area contributed by atoms with Crippen LogP contribution in [0, 0.1) is 5.82 Å². The molecule has 0 bridgehead atoms. The highest BCUT2D eigenvalue weighted by Crippen LogP contribution is 2.00. The number of halogens is 1. The first-order chi connectivity index (χ1) is 7.22. The Morgan fingerprint density at radius 1 is 1.53 bits per heavy atom. The van der Waals surface area contributed by atoms with E-state index in [1.165, 1.54) is 12.1 Å². The van der Waals surface area contributed by atoms with Crippen LogP contribution in [0.4, 0.5) is 4.39 Å². The lowest BCUT2D eigenvalue weighted by atomic mass is 10.3. The van der Waals surface area contributed by atoms with Gasteiger partial charge in [0.15, 0.2) is 0 Å². The first-order valence-electron chi connectivity index (χ1n) is 4.98. The van der Waals surface area contributed by atoms with Crippen molar-refractivity contribution in [3.8, 4) is 0 Å². The summed E-state index contributed by atoms with van der Waals surface area (Å²) in [6, 6.07) is 2.76. The minimum atomic E-state index is -0.405. The highest BCUT2D eigenvalue weighted by molar-refractivity contribution is 5.71. The first kappa shape index (κ1) is 11.6. The lowest BCUT2D eigenvalue weighted by Crippen LogP contribution is -2.09. The topological polar surface area (TPSA) is 39.2 Å². The van der Waals surface area contributed by atoms with Crippen LogP contribution in [0.25, 0.3) is 0 Å². The van der Waals surface area contributed by atoms with E-state index in [2.05, 4.69) is 4.98 Å². The quantitative estimate of drug-likeness (QED) is 0.553. The van der Waals surface area contributed by atoms with E-state index in [1.54, 1.807) is 0 Å². The van der Waals surface area contributed by atoms with Crippen molar-refractivity contribution < 1.29 is 13.9 Å². The number of nitrogens with zero attached hydrogens (tertiary/aromatic N) is 1. The number of aromatic nitrogens is 1. The zero-order chi connectivity index (χ0) is 11.1. The molecular formula is C11H14FNO2. The van der Waals surface area contributed by atoms with Gasteiger partial charge >= 0.3 is 5.97 Å². The van der Waals surface area contributed by atoms with Crippen molar-refractivity contribution >= 4 is 5.97 Å². The van der Waals surface area contributed by atoms with Crippen LogP contribution in [0.15, 0.2) is 18.3 Å². The Balaban J connectivity index is 2.34. The fourth-order valence-electron chi connectivity index (χ4n) is 1.04. The second-order valence-corrected chi connectivity index (χ2v) is 3.22. The zero-order valence-corrected chi connectivity index (χ0v) is 8.70. The molecule has 1 aromatic heterocycles. The molecule has 0 atom stereocenters. The maximum atomic E-state index is 12.5. The summed E-state index contributed by atoms with van der Waals surface area (Å²) in [6.45, 7) is 2.46. The molecule has 0 unspecified atom stereocenters. The van der Waals surface area contributed by atoms with Crippen LogP contribution in [-0.2, 0) is 16.0 Å². The molecule has 0 aliphatic carbocycles. The molecule has 0 spiro atoms. The summed E-state index contributed by atoms with van der Waals surface area (Å²) in [6.07, 6.45) is 3.04. The van der Waals surface area contributed by atoms with Gasteiger partial charge in [0.05, 0.1) is 24.9 Å². The van der Waals surface area contributed by atoms with E-state index in [4.69, 9.17) is 4.74 Å². The van der Waals surface area contributed by atoms with Gasteiger partial charge in [0.1, 0.15) is 5.82 Å². The van der Waals surface area contributed by atoms with Crippen molar-refractivity contribution in [2.75, 3.05) is 6.61 Å². The summed E-state index contributed by atoms with van der Waals surface area (Å²) in [5, 5.41) is 0. The standard InChI is InChI=1S/C11H14FNO2/c1-2-3-6-15-11(14)7-10-5-4-9(12)8-13-10/h4-5,8H,2-3,6-7H2,1H3. The van der Waals surface area contributed by atoms with Gasteiger partial charge in [0.2, 0.25) is 0 Å². The molecule has 0 N–H and O–H groups in total. The summed E-state index contributed by atoms with van der Waals surface area (Å²) < 4.78 is 17.4. The Bertz CT molecular complexity index is 311. The van der Waals surface area contributed by atoms with E-state index in [-0.39, 0.29) is 12.4 Å². The number of carbonyl (C=O) groups is 1. The minimum absolute atomic E-state index is 0.101. The average molecular weight is 211 g/mol. The van der Waals surface area contributed by atoms with Gasteiger partial charge in [-0.25, -0.2) is 4.39 Å². The molecule has 0 saturated heterocycles. The van der Waals surface area contributed by atoms with Crippen molar-refractivity contribution in [1.29, 1.82) is 0 Å². The minimum Gasteiger partial charge on any atom is -0.465 e. The molecule has 3 nitrogen and oxygen atoms in total. The van der Waals surface area contributed by atoms with E-state index in [0.29, 0.717) is 12.3 Å². The van der Waals surface area contributed by atoms with Gasteiger partial charge in [0.25, 0.3) is 0 Å². The largest absolute Gasteiger partial charge is 0.465 e. The molecule has 1 rings (SSSR count). The average Bonchev–Trinajstić information content (AvgIpc) is 2.22. The van der Waals surface area contributed by atoms with Crippen LogP contribution in [0.5, 0.6) is 0 Å². The van der Waals surface area contributed by atoms with Crippen molar-refractivity contribution in [1.82, 2.24) is 4.98 Å². The van der Waals surface area contributed by atoms with Crippen LogP contribution in [0.3, 0.4) is 0 Å². The summed E-state index contributed by atoms with van der Waals surface area (Å²) in [5.74, 6) is -0.722. The van der Waals surface area contributed by atoms with E-state index < -0.39 is 5.82 Å². The van der Waals surface area contributed by atoms with Crippen molar-refractivity contribution in [2.24, 2.45) is 0 Å². The molecule has 4 heteroatoms. The highest BCUT2D eigenvalue weighted by Gasteiger charge is 2.05. The monoisotopic (exact) mass is 211 g/mol. The summed E-state index contributed by atoms with van der Waals surface area (Å²) in [4.78, 5) is 15.0. The third kappa shape index (κ3) is 4.54. The number of pyridine rings is 1. The Morgan fingerprint density at radius 3 is 2.93 bits per heavy atom. The van der Waals surface area contributed by atoms with Crippen LogP contribution in [0.2, 0.25) is 0 Å². The molecule has 1 heterocycles. The lowest BCUT2D eigenvalue weighted by Gasteiger charge is -2.03. The number of hydrogen-bond donors (Lipinski definition) is 0. The number of rotatable bonds is 5. The zero-order valence-electron chi connectivity index (χ0n) is 8.70. The predicted octanol–water partition coefficient (Wildman–Crippen LogP) is 2.11. The third-order valence-corrected chi connectivity index (χ3v) is 1.88. The number of carbonyl (C=O) groups excluding carboxylic acids is 1. The first-order valence-corrected chi connectivity index (χ1v) is 4.98. The van der Waals surface area contributed by atoms with Gasteiger partial charge in [-0.05, 0) is 18.6 Å². The van der Waals surface area contributed by atoms with Gasteiger partial charge in [-0.3, -0.25) is 9.78 Å². The second-order valence-electron chi connectivity index (χ2n) is 3.22. The predicted molar refractivity (Wildman–Crippen MR) is 53.8 cm³/mol. The Kier molecular flexibility index (Phi) is 4.74. The van der Waals surface area contributed by atoms with Crippen LogP contribution < -0.4 is 0 Å². The summed E-state index contributed by atoms with van der Waals surface area (Å²) in [5.41, 5.74) is 0.526. The Morgan fingerprint density at radius 2 is 2.33 bits per heavy atom. The maximum Gasteiger partial charge on any atom is 0.311 e. The normalized spacial score (nSPS) is 10.0. The smallest absolute Gasteiger partial charge is 0.311 e. The molecule has 1 aromatic rings. The van der Waals surface area contributed by atoms with Gasteiger partial charge in [-0.15, -0.1) is 0 Å².